The van der Waals surface area contributed by atoms with Crippen molar-refractivity contribution in [2.45, 2.75) is 70.4 Å². The van der Waals surface area contributed by atoms with Crippen molar-refractivity contribution in [2.24, 2.45) is 0 Å². The van der Waals surface area contributed by atoms with Gasteiger partial charge in [-0.1, -0.05) is 54.1 Å². The number of carbonyl (C=O) groups excluding carboxylic acids is 2. The van der Waals surface area contributed by atoms with Crippen molar-refractivity contribution in [2.75, 3.05) is 13.1 Å². The fourth-order valence-electron chi connectivity index (χ4n) is 5.74. The molecule has 8 nitrogen and oxygen atoms in total. The van der Waals surface area contributed by atoms with Crippen LogP contribution in [0.2, 0.25) is 5.02 Å². The van der Waals surface area contributed by atoms with E-state index in [-0.39, 0.29) is 17.7 Å². The summed E-state index contributed by atoms with van der Waals surface area (Å²) < 4.78 is 7.81. The lowest BCUT2D eigenvalue weighted by atomic mass is 9.93. The number of halogens is 1. The van der Waals surface area contributed by atoms with Crippen molar-refractivity contribution < 1.29 is 19.4 Å². The maximum atomic E-state index is 13.2. The molecule has 1 saturated carbocycles. The van der Waals surface area contributed by atoms with Gasteiger partial charge in [0.2, 0.25) is 5.78 Å². The number of aromatic nitrogens is 2. The monoisotopic (exact) mass is 600 g/mol. The summed E-state index contributed by atoms with van der Waals surface area (Å²) in [7, 11) is 0. The van der Waals surface area contributed by atoms with Crippen LogP contribution in [0, 0.1) is 0 Å². The molecule has 2 heterocycles. The predicted octanol–water partition coefficient (Wildman–Crippen LogP) is 6.11. The van der Waals surface area contributed by atoms with Crippen LogP contribution in [0.25, 0.3) is 22.0 Å². The maximum absolute atomic E-state index is 13.2. The van der Waals surface area contributed by atoms with E-state index in [2.05, 4.69) is 24.3 Å². The number of Topliss-reactive ketones (excluding diaryl/α,β-unsaturated/α-hetero) is 1. The Kier molecular flexibility index (Phi) is 8.02. The Hall–Kier alpha value is -3.72. The van der Waals surface area contributed by atoms with E-state index in [0.717, 1.165) is 47.7 Å². The number of aliphatic hydroxyl groups is 1. The van der Waals surface area contributed by atoms with Crippen LogP contribution in [0.4, 0.5) is 0 Å². The van der Waals surface area contributed by atoms with Gasteiger partial charge < -0.3 is 15.2 Å². The van der Waals surface area contributed by atoms with Gasteiger partial charge in [-0.25, -0.2) is 0 Å². The van der Waals surface area contributed by atoms with E-state index in [1.165, 1.54) is 0 Å². The minimum atomic E-state index is -1.56. The van der Waals surface area contributed by atoms with Gasteiger partial charge in [0.25, 0.3) is 5.91 Å². The molecule has 3 aromatic carbocycles. The number of likely N-dealkylation sites (tertiary alicyclic amines) is 1. The van der Waals surface area contributed by atoms with Crippen LogP contribution in [0.1, 0.15) is 68.4 Å². The minimum Gasteiger partial charge on any atom is -0.489 e. The standard InChI is InChI=1S/C34H37ClN4O4/c1-21(2)39-20-26-11-10-25(18-30(26)37-39)23-6-8-24(9-7-23)32(40)33(41)36-22(3)34(42,38-16-4-5-17-38)27-12-15-31(29(35)19-27)43-28-13-14-28/h6-12,15,18-22,28,42H,4-5,13-14,16-17H2,1-3H3,(H,36,41)/t22-,34+/m1/s1. The lowest BCUT2D eigenvalue weighted by Crippen LogP contribution is -2.59. The van der Waals surface area contributed by atoms with E-state index in [4.69, 9.17) is 16.3 Å². The molecule has 43 heavy (non-hydrogen) atoms. The van der Waals surface area contributed by atoms with Crippen LogP contribution in [-0.4, -0.2) is 56.7 Å². The van der Waals surface area contributed by atoms with Gasteiger partial charge in [0.15, 0.2) is 5.72 Å². The van der Waals surface area contributed by atoms with Crippen molar-refractivity contribution in [1.82, 2.24) is 20.0 Å². The summed E-state index contributed by atoms with van der Waals surface area (Å²) in [4.78, 5) is 28.3. The number of ether oxygens (including phenoxy) is 1. The molecule has 2 atom stereocenters. The lowest BCUT2D eigenvalue weighted by Gasteiger charge is -2.42. The fourth-order valence-corrected chi connectivity index (χ4v) is 5.97. The quantitative estimate of drug-likeness (QED) is 0.168. The van der Waals surface area contributed by atoms with Crippen LogP contribution in [-0.2, 0) is 10.5 Å². The first-order valence-electron chi connectivity index (χ1n) is 15.0. The summed E-state index contributed by atoms with van der Waals surface area (Å²) in [6.45, 7) is 7.21. The number of carbonyl (C=O) groups is 2. The van der Waals surface area contributed by atoms with Crippen LogP contribution >= 0.6 is 11.6 Å². The molecular weight excluding hydrogens is 564 g/mol. The number of fused-ring (bicyclic) bond motifs is 1. The molecule has 1 saturated heterocycles. The molecule has 1 aliphatic carbocycles. The number of ketones is 1. The smallest absolute Gasteiger partial charge is 0.292 e. The number of benzene rings is 3. The molecule has 6 rings (SSSR count). The summed E-state index contributed by atoms with van der Waals surface area (Å²) in [6, 6.07) is 17.8. The molecule has 4 aromatic rings. The van der Waals surface area contributed by atoms with E-state index in [9.17, 15) is 14.7 Å². The molecule has 2 fully saturated rings. The molecule has 2 aliphatic rings. The van der Waals surface area contributed by atoms with E-state index in [1.54, 1.807) is 37.3 Å². The normalized spacial score (nSPS) is 17.6. The Labute approximate surface area is 256 Å². The number of rotatable bonds is 10. The first-order valence-corrected chi connectivity index (χ1v) is 15.4. The van der Waals surface area contributed by atoms with E-state index in [1.807, 2.05) is 46.1 Å². The molecule has 224 valence electrons. The zero-order chi connectivity index (χ0) is 30.3. The first-order chi connectivity index (χ1) is 20.6. The molecule has 0 bridgehead atoms. The average Bonchev–Trinajstić information content (AvgIpc) is 3.45. The number of hydrogen-bond donors (Lipinski definition) is 2. The van der Waals surface area contributed by atoms with Gasteiger partial charge in [0.05, 0.1) is 22.7 Å². The Bertz CT molecular complexity index is 1660. The SMILES string of the molecule is CC(C)n1cc2ccc(-c3ccc(C(=O)C(=O)N[C@H](C)[C@](O)(c4ccc(OC5CC5)c(Cl)c4)N4CCCC4)cc3)cc2n1. The summed E-state index contributed by atoms with van der Waals surface area (Å²) in [5, 5.41) is 21.0. The second-order valence-electron chi connectivity index (χ2n) is 12.0. The fraction of sp³-hybridized carbons (Fsp3) is 0.382. The maximum Gasteiger partial charge on any atom is 0.292 e. The summed E-state index contributed by atoms with van der Waals surface area (Å²) in [5.74, 6) is -0.866. The molecule has 1 aromatic heterocycles. The highest BCUT2D eigenvalue weighted by Crippen LogP contribution is 2.38. The third-order valence-electron chi connectivity index (χ3n) is 8.46. The van der Waals surface area contributed by atoms with Crippen molar-refractivity contribution in [3.05, 3.63) is 83.0 Å². The third kappa shape index (κ3) is 5.92. The second-order valence-corrected chi connectivity index (χ2v) is 12.4. The average molecular weight is 601 g/mol. The highest BCUT2D eigenvalue weighted by atomic mass is 35.5. The topological polar surface area (TPSA) is 96.7 Å². The molecular formula is C34H37ClN4O4. The summed E-state index contributed by atoms with van der Waals surface area (Å²) >= 11 is 6.55. The molecule has 1 amide bonds. The Morgan fingerprint density at radius 1 is 1.00 bits per heavy atom. The number of amides is 1. The number of nitrogens with one attached hydrogen (secondary N) is 1. The van der Waals surface area contributed by atoms with Crippen molar-refractivity contribution in [3.63, 3.8) is 0 Å². The molecule has 1 aliphatic heterocycles. The Balaban J connectivity index is 1.18. The van der Waals surface area contributed by atoms with E-state index >= 15 is 0 Å². The molecule has 0 unspecified atom stereocenters. The van der Waals surface area contributed by atoms with Gasteiger partial charge in [0.1, 0.15) is 5.75 Å². The summed E-state index contributed by atoms with van der Waals surface area (Å²) in [5.41, 5.74) is 2.05. The molecule has 2 N–H and O–H groups in total. The Morgan fingerprint density at radius 2 is 1.70 bits per heavy atom. The zero-order valence-corrected chi connectivity index (χ0v) is 25.5. The summed E-state index contributed by atoms with van der Waals surface area (Å²) in [6.07, 6.45) is 6.10. The number of nitrogens with zero attached hydrogens (tertiary/aromatic N) is 3. The molecule has 0 spiro atoms. The van der Waals surface area contributed by atoms with E-state index in [0.29, 0.717) is 29.4 Å². The highest BCUT2D eigenvalue weighted by Gasteiger charge is 2.44. The van der Waals surface area contributed by atoms with E-state index < -0.39 is 23.5 Å². The van der Waals surface area contributed by atoms with Gasteiger partial charge in [-0.2, -0.15) is 5.10 Å². The van der Waals surface area contributed by atoms with Gasteiger partial charge >= 0.3 is 0 Å². The number of hydrogen-bond acceptors (Lipinski definition) is 6. The van der Waals surface area contributed by atoms with Crippen LogP contribution < -0.4 is 10.1 Å². The van der Waals surface area contributed by atoms with Crippen LogP contribution in [0.3, 0.4) is 0 Å². The second kappa shape index (κ2) is 11.8. The third-order valence-corrected chi connectivity index (χ3v) is 8.75. The van der Waals surface area contributed by atoms with Gasteiger partial charge in [-0.15, -0.1) is 0 Å². The van der Waals surface area contributed by atoms with Crippen LogP contribution in [0.15, 0.2) is 66.9 Å². The van der Waals surface area contributed by atoms with Gasteiger partial charge in [-0.05, 0) is 75.8 Å². The highest BCUT2D eigenvalue weighted by molar-refractivity contribution is 6.42. The molecule has 9 heteroatoms. The lowest BCUT2D eigenvalue weighted by molar-refractivity contribution is -0.139. The van der Waals surface area contributed by atoms with Crippen molar-refractivity contribution in [3.8, 4) is 16.9 Å². The predicted molar refractivity (Wildman–Crippen MR) is 167 cm³/mol. The van der Waals surface area contributed by atoms with Crippen molar-refractivity contribution in [1.29, 1.82) is 0 Å². The largest absolute Gasteiger partial charge is 0.489 e. The zero-order valence-electron chi connectivity index (χ0n) is 24.7. The first kappa shape index (κ1) is 29.4. The Morgan fingerprint density at radius 3 is 2.35 bits per heavy atom. The van der Waals surface area contributed by atoms with Crippen molar-refractivity contribution >= 4 is 34.2 Å². The minimum absolute atomic E-state index is 0.192. The molecule has 0 radical (unpaired) electrons. The van der Waals surface area contributed by atoms with Gasteiger partial charge in [-0.3, -0.25) is 19.2 Å². The van der Waals surface area contributed by atoms with Crippen LogP contribution in [0.5, 0.6) is 5.75 Å². The van der Waals surface area contributed by atoms with Gasteiger partial charge in [0, 0.05) is 41.8 Å².